The van der Waals surface area contributed by atoms with E-state index < -0.39 is 5.97 Å². The fourth-order valence-corrected chi connectivity index (χ4v) is 4.30. The smallest absolute Gasteiger partial charge is 0.339 e. The number of carbonyl (C=O) groups is 1. The number of nitrogens with zero attached hydrogens (tertiary/aromatic N) is 2. The summed E-state index contributed by atoms with van der Waals surface area (Å²) in [5, 5.41) is 20.1. The molecule has 5 nitrogen and oxygen atoms in total. The average Bonchev–Trinajstić information content (AvgIpc) is 3.08. The van der Waals surface area contributed by atoms with Crippen LogP contribution >= 0.6 is 11.3 Å². The van der Waals surface area contributed by atoms with Crippen molar-refractivity contribution in [1.82, 2.24) is 9.97 Å². The SMILES string of the molecule is Cc1nc(Cc2cccnc2)sc1-c1cccc(-c2ccc(C(=O)O)c(O)c2)c1. The predicted molar refractivity (Wildman–Crippen MR) is 113 cm³/mol. The first kappa shape index (κ1) is 18.8. The molecule has 0 spiro atoms. The lowest BCUT2D eigenvalue weighted by atomic mass is 10.0. The molecule has 4 rings (SSSR count). The largest absolute Gasteiger partial charge is 0.507 e. The summed E-state index contributed by atoms with van der Waals surface area (Å²) in [5.41, 5.74) is 4.68. The van der Waals surface area contributed by atoms with E-state index in [0.29, 0.717) is 0 Å². The molecule has 0 unspecified atom stereocenters. The summed E-state index contributed by atoms with van der Waals surface area (Å²) < 4.78 is 0. The third-order valence-corrected chi connectivity index (χ3v) is 5.81. The number of aromatic carboxylic acids is 1. The third kappa shape index (κ3) is 4.02. The molecule has 2 N–H and O–H groups in total. The van der Waals surface area contributed by atoms with Gasteiger partial charge in [-0.3, -0.25) is 4.98 Å². The fourth-order valence-electron chi connectivity index (χ4n) is 3.21. The quantitative estimate of drug-likeness (QED) is 0.481. The number of carboxylic acid groups (broad SMARTS) is 1. The Hall–Kier alpha value is -3.51. The van der Waals surface area contributed by atoms with Gasteiger partial charge in [0.1, 0.15) is 11.3 Å². The zero-order chi connectivity index (χ0) is 20.4. The number of aromatic nitrogens is 2. The maximum absolute atomic E-state index is 11.1. The van der Waals surface area contributed by atoms with Gasteiger partial charge in [-0.25, -0.2) is 9.78 Å². The molecule has 2 aromatic carbocycles. The van der Waals surface area contributed by atoms with Crippen LogP contribution in [0.15, 0.2) is 67.0 Å². The van der Waals surface area contributed by atoms with Crippen LogP contribution in [-0.2, 0) is 6.42 Å². The average molecular weight is 402 g/mol. The van der Waals surface area contributed by atoms with Crippen molar-refractivity contribution >= 4 is 17.3 Å². The van der Waals surface area contributed by atoms with Crippen molar-refractivity contribution in [2.24, 2.45) is 0 Å². The molecule has 0 fully saturated rings. The van der Waals surface area contributed by atoms with Crippen molar-refractivity contribution in [2.45, 2.75) is 13.3 Å². The second kappa shape index (κ2) is 7.85. The lowest BCUT2D eigenvalue weighted by Crippen LogP contribution is -1.96. The number of benzene rings is 2. The van der Waals surface area contributed by atoms with E-state index in [1.807, 2.05) is 49.5 Å². The minimum atomic E-state index is -1.15. The Morgan fingerprint density at radius 3 is 2.55 bits per heavy atom. The molecule has 144 valence electrons. The lowest BCUT2D eigenvalue weighted by Gasteiger charge is -2.07. The van der Waals surface area contributed by atoms with Crippen LogP contribution in [0.3, 0.4) is 0 Å². The predicted octanol–water partition coefficient (Wildman–Crippen LogP) is 5.18. The summed E-state index contributed by atoms with van der Waals surface area (Å²) in [6.45, 7) is 2.00. The summed E-state index contributed by atoms with van der Waals surface area (Å²) in [5.74, 6) is -1.39. The van der Waals surface area contributed by atoms with Crippen molar-refractivity contribution in [3.63, 3.8) is 0 Å². The minimum Gasteiger partial charge on any atom is -0.507 e. The molecule has 0 aliphatic rings. The van der Waals surface area contributed by atoms with E-state index in [1.165, 1.54) is 12.1 Å². The molecule has 0 bridgehead atoms. The number of pyridine rings is 1. The highest BCUT2D eigenvalue weighted by Crippen LogP contribution is 2.34. The van der Waals surface area contributed by atoms with Crippen LogP contribution in [0, 0.1) is 6.92 Å². The number of carboxylic acids is 1. The van der Waals surface area contributed by atoms with Crippen LogP contribution in [0.2, 0.25) is 0 Å². The van der Waals surface area contributed by atoms with E-state index in [0.717, 1.165) is 44.3 Å². The van der Waals surface area contributed by atoms with Crippen molar-refractivity contribution in [3.8, 4) is 27.3 Å². The van der Waals surface area contributed by atoms with Gasteiger partial charge in [0, 0.05) is 18.8 Å². The molecule has 29 heavy (non-hydrogen) atoms. The molecule has 0 radical (unpaired) electrons. The maximum atomic E-state index is 11.1. The topological polar surface area (TPSA) is 83.3 Å². The number of hydrogen-bond acceptors (Lipinski definition) is 5. The summed E-state index contributed by atoms with van der Waals surface area (Å²) >= 11 is 1.65. The standard InChI is InChI=1S/C23H18N2O3S/c1-14-22(29-21(25-14)10-15-4-3-9-24-13-15)18-6-2-5-16(11-18)17-7-8-19(23(27)28)20(26)12-17/h2-9,11-13,26H,10H2,1H3,(H,27,28). The summed E-state index contributed by atoms with van der Waals surface area (Å²) in [7, 11) is 0. The van der Waals surface area contributed by atoms with Crippen LogP contribution in [0.5, 0.6) is 5.75 Å². The zero-order valence-corrected chi connectivity index (χ0v) is 16.5. The monoisotopic (exact) mass is 402 g/mol. The number of phenols is 1. The molecular formula is C23H18N2O3S. The Bertz CT molecular complexity index is 1190. The molecular weight excluding hydrogens is 384 g/mol. The van der Waals surface area contributed by atoms with Gasteiger partial charge in [-0.1, -0.05) is 30.3 Å². The molecule has 2 heterocycles. The zero-order valence-electron chi connectivity index (χ0n) is 15.7. The summed E-state index contributed by atoms with van der Waals surface area (Å²) in [6, 6.07) is 16.5. The Morgan fingerprint density at radius 2 is 1.83 bits per heavy atom. The molecule has 4 aromatic rings. The second-order valence-electron chi connectivity index (χ2n) is 6.68. The summed E-state index contributed by atoms with van der Waals surface area (Å²) in [6.07, 6.45) is 4.35. The van der Waals surface area contributed by atoms with E-state index in [4.69, 9.17) is 10.1 Å². The van der Waals surface area contributed by atoms with E-state index in [9.17, 15) is 9.90 Å². The first-order valence-electron chi connectivity index (χ1n) is 9.03. The van der Waals surface area contributed by atoms with E-state index in [1.54, 1.807) is 23.6 Å². The maximum Gasteiger partial charge on any atom is 0.339 e. The van der Waals surface area contributed by atoms with Gasteiger partial charge in [0.2, 0.25) is 0 Å². The van der Waals surface area contributed by atoms with Crippen LogP contribution in [0.25, 0.3) is 21.6 Å². The Labute approximate surface area is 172 Å². The van der Waals surface area contributed by atoms with Crippen LogP contribution in [-0.4, -0.2) is 26.2 Å². The van der Waals surface area contributed by atoms with Crippen LogP contribution in [0.4, 0.5) is 0 Å². The van der Waals surface area contributed by atoms with Crippen LogP contribution < -0.4 is 0 Å². The normalized spacial score (nSPS) is 10.8. The van der Waals surface area contributed by atoms with E-state index >= 15 is 0 Å². The van der Waals surface area contributed by atoms with E-state index in [-0.39, 0.29) is 11.3 Å². The first-order chi connectivity index (χ1) is 14.0. The highest BCUT2D eigenvalue weighted by Gasteiger charge is 2.13. The van der Waals surface area contributed by atoms with Crippen LogP contribution in [0.1, 0.15) is 26.6 Å². The van der Waals surface area contributed by atoms with Gasteiger partial charge >= 0.3 is 5.97 Å². The van der Waals surface area contributed by atoms with Crippen molar-refractivity contribution in [3.05, 3.63) is 88.8 Å². The van der Waals surface area contributed by atoms with Crippen molar-refractivity contribution in [2.75, 3.05) is 0 Å². The fraction of sp³-hybridized carbons (Fsp3) is 0.0870. The molecule has 0 aliphatic heterocycles. The minimum absolute atomic E-state index is 0.108. The van der Waals surface area contributed by atoms with Gasteiger partial charge in [0.05, 0.1) is 15.6 Å². The molecule has 0 aliphatic carbocycles. The molecule has 0 atom stereocenters. The van der Waals surface area contributed by atoms with Gasteiger partial charge in [-0.15, -0.1) is 11.3 Å². The molecule has 0 saturated heterocycles. The van der Waals surface area contributed by atoms with Gasteiger partial charge in [0.15, 0.2) is 0 Å². The molecule has 0 saturated carbocycles. The number of rotatable bonds is 5. The number of aryl methyl sites for hydroxylation is 1. The van der Waals surface area contributed by atoms with Crippen molar-refractivity contribution < 1.29 is 15.0 Å². The Balaban J connectivity index is 1.66. The third-order valence-electron chi connectivity index (χ3n) is 4.61. The molecule has 0 amide bonds. The van der Waals surface area contributed by atoms with Gasteiger partial charge in [-0.2, -0.15) is 0 Å². The van der Waals surface area contributed by atoms with Gasteiger partial charge in [0.25, 0.3) is 0 Å². The Morgan fingerprint density at radius 1 is 1.03 bits per heavy atom. The number of hydrogen-bond donors (Lipinski definition) is 2. The highest BCUT2D eigenvalue weighted by molar-refractivity contribution is 7.15. The first-order valence-corrected chi connectivity index (χ1v) is 9.85. The lowest BCUT2D eigenvalue weighted by molar-refractivity contribution is 0.0694. The molecule has 6 heteroatoms. The number of thiazole rings is 1. The number of aromatic hydroxyl groups is 1. The summed E-state index contributed by atoms with van der Waals surface area (Å²) in [4.78, 5) is 21.1. The van der Waals surface area contributed by atoms with Gasteiger partial charge in [-0.05, 0) is 53.4 Å². The van der Waals surface area contributed by atoms with Crippen molar-refractivity contribution in [1.29, 1.82) is 0 Å². The van der Waals surface area contributed by atoms with E-state index in [2.05, 4.69) is 4.98 Å². The Kier molecular flexibility index (Phi) is 5.10. The molecule has 2 aromatic heterocycles. The highest BCUT2D eigenvalue weighted by atomic mass is 32.1. The second-order valence-corrected chi connectivity index (χ2v) is 7.76. The van der Waals surface area contributed by atoms with Gasteiger partial charge < -0.3 is 10.2 Å².